The summed E-state index contributed by atoms with van der Waals surface area (Å²) in [5, 5.41) is 6.08. The van der Waals surface area contributed by atoms with Gasteiger partial charge >= 0.3 is 0 Å². The Morgan fingerprint density at radius 3 is 2.94 bits per heavy atom. The molecule has 0 saturated carbocycles. The van der Waals surface area contributed by atoms with E-state index in [1.54, 1.807) is 5.57 Å². The third-order valence-electron chi connectivity index (χ3n) is 2.75. The zero-order valence-electron chi connectivity index (χ0n) is 10.5. The van der Waals surface area contributed by atoms with Gasteiger partial charge in [0.1, 0.15) is 0 Å². The third kappa shape index (κ3) is 5.91. The van der Waals surface area contributed by atoms with E-state index in [0.29, 0.717) is 12.5 Å². The molecule has 0 heterocycles. The number of rotatable bonds is 7. The highest BCUT2D eigenvalue weighted by atomic mass is 16.1. The lowest BCUT2D eigenvalue weighted by Gasteiger charge is -2.08. The largest absolute Gasteiger partial charge is 0.355 e. The lowest BCUT2D eigenvalue weighted by molar-refractivity contribution is -0.120. The molecule has 0 saturated heterocycles. The first-order chi connectivity index (χ1) is 7.68. The summed E-state index contributed by atoms with van der Waals surface area (Å²) in [5.41, 5.74) is 1.55. The van der Waals surface area contributed by atoms with Gasteiger partial charge in [0.15, 0.2) is 0 Å². The molecule has 0 aliphatic heterocycles. The molecule has 0 atom stereocenters. The number of nitrogens with one attached hydrogen (secondary N) is 2. The molecule has 2 N–H and O–H groups in total. The molecule has 16 heavy (non-hydrogen) atoms. The molecule has 0 radical (unpaired) electrons. The molecular formula is C13H24N2O. The number of amides is 1. The van der Waals surface area contributed by atoms with Gasteiger partial charge in [-0.25, -0.2) is 0 Å². The highest BCUT2D eigenvalue weighted by Gasteiger charge is 2.05. The van der Waals surface area contributed by atoms with Crippen molar-refractivity contribution in [2.24, 2.45) is 5.92 Å². The van der Waals surface area contributed by atoms with Crippen LogP contribution in [0.3, 0.4) is 0 Å². The normalized spacial score (nSPS) is 15.3. The summed E-state index contributed by atoms with van der Waals surface area (Å²) in [5.74, 6) is 0.627. The van der Waals surface area contributed by atoms with Crippen molar-refractivity contribution in [2.45, 2.75) is 39.5 Å². The molecule has 3 heteroatoms. The van der Waals surface area contributed by atoms with Gasteiger partial charge in [-0.1, -0.05) is 25.5 Å². The van der Waals surface area contributed by atoms with Gasteiger partial charge in [-0.3, -0.25) is 4.79 Å². The quantitative estimate of drug-likeness (QED) is 0.512. The number of hydrogen-bond donors (Lipinski definition) is 2. The molecule has 0 spiro atoms. The van der Waals surface area contributed by atoms with E-state index in [9.17, 15) is 4.79 Å². The number of carbonyl (C=O) groups excluding carboxylic acids is 1. The van der Waals surface area contributed by atoms with Crippen LogP contribution in [0, 0.1) is 5.92 Å². The molecule has 0 aromatic heterocycles. The van der Waals surface area contributed by atoms with Gasteiger partial charge in [-0.2, -0.15) is 0 Å². The van der Waals surface area contributed by atoms with E-state index in [-0.39, 0.29) is 5.91 Å². The van der Waals surface area contributed by atoms with E-state index in [1.807, 2.05) is 0 Å². The second-order valence-corrected chi connectivity index (χ2v) is 4.88. The zero-order chi connectivity index (χ0) is 11.8. The summed E-state index contributed by atoms with van der Waals surface area (Å²) < 4.78 is 0. The molecule has 92 valence electrons. The van der Waals surface area contributed by atoms with Crippen LogP contribution >= 0.6 is 0 Å². The van der Waals surface area contributed by atoms with Crippen molar-refractivity contribution >= 4 is 5.91 Å². The van der Waals surface area contributed by atoms with E-state index in [4.69, 9.17) is 0 Å². The highest BCUT2D eigenvalue weighted by molar-refractivity contribution is 5.77. The molecule has 0 unspecified atom stereocenters. The van der Waals surface area contributed by atoms with E-state index >= 15 is 0 Å². The van der Waals surface area contributed by atoms with E-state index < -0.39 is 0 Å². The molecule has 3 nitrogen and oxygen atoms in total. The van der Waals surface area contributed by atoms with Crippen LogP contribution in [0.2, 0.25) is 0 Å². The fourth-order valence-electron chi connectivity index (χ4n) is 1.80. The molecule has 1 amide bonds. The van der Waals surface area contributed by atoms with Crippen molar-refractivity contribution in [3.8, 4) is 0 Å². The van der Waals surface area contributed by atoms with Crippen molar-refractivity contribution in [3.05, 3.63) is 11.6 Å². The van der Waals surface area contributed by atoms with Crippen molar-refractivity contribution < 1.29 is 4.79 Å². The van der Waals surface area contributed by atoms with Crippen LogP contribution < -0.4 is 10.6 Å². The minimum absolute atomic E-state index is 0.106. The molecule has 0 bridgehead atoms. The van der Waals surface area contributed by atoms with Crippen molar-refractivity contribution in [1.82, 2.24) is 10.6 Å². The van der Waals surface area contributed by atoms with Gasteiger partial charge in [0.2, 0.25) is 5.91 Å². The van der Waals surface area contributed by atoms with Crippen LogP contribution in [0.25, 0.3) is 0 Å². The maximum absolute atomic E-state index is 11.4. The number of hydrogen-bond acceptors (Lipinski definition) is 2. The molecule has 1 aliphatic rings. The van der Waals surface area contributed by atoms with E-state index in [2.05, 4.69) is 30.6 Å². The number of allylic oxidation sites excluding steroid dienone is 1. The van der Waals surface area contributed by atoms with Crippen LogP contribution in [0.15, 0.2) is 11.6 Å². The Bertz CT molecular complexity index is 246. The van der Waals surface area contributed by atoms with Crippen molar-refractivity contribution in [3.63, 3.8) is 0 Å². The lowest BCUT2D eigenvalue weighted by Crippen LogP contribution is -2.36. The first-order valence-electron chi connectivity index (χ1n) is 6.34. The van der Waals surface area contributed by atoms with Crippen LogP contribution in [-0.4, -0.2) is 25.5 Å². The minimum Gasteiger partial charge on any atom is -0.355 e. The smallest absolute Gasteiger partial charge is 0.233 e. The maximum atomic E-state index is 11.4. The zero-order valence-corrected chi connectivity index (χ0v) is 10.5. The molecule has 1 rings (SSSR count). The Labute approximate surface area is 98.7 Å². The average Bonchev–Trinajstić information content (AvgIpc) is 2.74. The van der Waals surface area contributed by atoms with E-state index in [0.717, 1.165) is 19.5 Å². The summed E-state index contributed by atoms with van der Waals surface area (Å²) in [6, 6.07) is 0. The summed E-state index contributed by atoms with van der Waals surface area (Å²) in [6.07, 6.45) is 7.23. The average molecular weight is 224 g/mol. The van der Waals surface area contributed by atoms with Gasteiger partial charge in [0, 0.05) is 6.54 Å². The maximum Gasteiger partial charge on any atom is 0.233 e. The first kappa shape index (κ1) is 13.2. The first-order valence-corrected chi connectivity index (χ1v) is 6.34. The lowest BCUT2D eigenvalue weighted by atomic mass is 10.2. The van der Waals surface area contributed by atoms with Gasteiger partial charge < -0.3 is 10.6 Å². The molecule has 1 aliphatic carbocycles. The van der Waals surface area contributed by atoms with Crippen molar-refractivity contribution in [1.29, 1.82) is 0 Å². The standard InChI is InChI=1S/C13H24N2O/c1-11(2)9-15-13(16)10-14-8-7-12-5-3-4-6-12/h5,11,14H,3-4,6-10H2,1-2H3,(H,15,16). The van der Waals surface area contributed by atoms with Gasteiger partial charge in [0.25, 0.3) is 0 Å². The predicted molar refractivity (Wildman–Crippen MR) is 67.3 cm³/mol. The van der Waals surface area contributed by atoms with Crippen LogP contribution in [0.1, 0.15) is 39.5 Å². The second-order valence-electron chi connectivity index (χ2n) is 4.88. The Balaban J connectivity index is 1.95. The monoisotopic (exact) mass is 224 g/mol. The Hall–Kier alpha value is -0.830. The third-order valence-corrected chi connectivity index (χ3v) is 2.75. The second kappa shape index (κ2) is 7.44. The number of carbonyl (C=O) groups is 1. The summed E-state index contributed by atoms with van der Waals surface area (Å²) in [7, 11) is 0. The molecule has 0 aromatic carbocycles. The summed E-state index contributed by atoms with van der Waals surface area (Å²) >= 11 is 0. The van der Waals surface area contributed by atoms with Gasteiger partial charge in [-0.15, -0.1) is 0 Å². The molecular weight excluding hydrogens is 200 g/mol. The fourth-order valence-corrected chi connectivity index (χ4v) is 1.80. The van der Waals surface area contributed by atoms with E-state index in [1.165, 1.54) is 19.3 Å². The molecule has 0 aromatic rings. The Morgan fingerprint density at radius 1 is 1.50 bits per heavy atom. The SMILES string of the molecule is CC(C)CNC(=O)CNCCC1=CCCC1. The Morgan fingerprint density at radius 2 is 2.31 bits per heavy atom. The van der Waals surface area contributed by atoms with Gasteiger partial charge in [-0.05, 0) is 38.1 Å². The van der Waals surface area contributed by atoms with Gasteiger partial charge in [0.05, 0.1) is 6.54 Å². The topological polar surface area (TPSA) is 41.1 Å². The van der Waals surface area contributed by atoms with Crippen molar-refractivity contribution in [2.75, 3.05) is 19.6 Å². The molecule has 0 fully saturated rings. The predicted octanol–water partition coefficient (Wildman–Crippen LogP) is 1.85. The highest BCUT2D eigenvalue weighted by Crippen LogP contribution is 2.19. The van der Waals surface area contributed by atoms with Crippen LogP contribution in [0.4, 0.5) is 0 Å². The summed E-state index contributed by atoms with van der Waals surface area (Å²) in [6.45, 7) is 6.33. The minimum atomic E-state index is 0.106. The van der Waals surface area contributed by atoms with Crippen LogP contribution in [0.5, 0.6) is 0 Å². The summed E-state index contributed by atoms with van der Waals surface area (Å²) in [4.78, 5) is 11.4. The Kier molecular flexibility index (Phi) is 6.16. The van der Waals surface area contributed by atoms with Crippen LogP contribution in [-0.2, 0) is 4.79 Å². The fraction of sp³-hybridized carbons (Fsp3) is 0.769.